The molecule has 5 heteroatoms. The van der Waals surface area contributed by atoms with E-state index in [2.05, 4.69) is 15.3 Å². The maximum absolute atomic E-state index is 12.6. The molecule has 2 aromatic heterocycles. The molecule has 0 unspecified atom stereocenters. The number of oxazole rings is 1. The second-order valence-corrected chi connectivity index (χ2v) is 6.82. The van der Waals surface area contributed by atoms with Crippen molar-refractivity contribution in [2.75, 3.05) is 5.32 Å². The van der Waals surface area contributed by atoms with Gasteiger partial charge in [-0.1, -0.05) is 42.5 Å². The summed E-state index contributed by atoms with van der Waals surface area (Å²) in [6.45, 7) is 0. The molecular weight excluding hydrogens is 374 g/mol. The first-order chi connectivity index (χ1) is 14.8. The van der Waals surface area contributed by atoms with Crippen molar-refractivity contribution in [3.8, 4) is 22.6 Å². The molecule has 0 bridgehead atoms. The van der Waals surface area contributed by atoms with Gasteiger partial charge in [0.05, 0.1) is 0 Å². The third kappa shape index (κ3) is 3.56. The van der Waals surface area contributed by atoms with Crippen molar-refractivity contribution >= 4 is 22.8 Å². The fraction of sp³-hybridized carbons (Fsp3) is 0. The minimum atomic E-state index is -0.159. The van der Waals surface area contributed by atoms with Crippen molar-refractivity contribution < 1.29 is 9.21 Å². The summed E-state index contributed by atoms with van der Waals surface area (Å²) in [5, 5.41) is 2.92. The lowest BCUT2D eigenvalue weighted by atomic mass is 10.0. The highest BCUT2D eigenvalue weighted by Crippen LogP contribution is 2.25. The highest BCUT2D eigenvalue weighted by atomic mass is 16.4. The van der Waals surface area contributed by atoms with Gasteiger partial charge in [0, 0.05) is 23.0 Å². The van der Waals surface area contributed by atoms with E-state index in [4.69, 9.17) is 4.42 Å². The lowest BCUT2D eigenvalue weighted by molar-refractivity contribution is 0.102. The van der Waals surface area contributed by atoms with Gasteiger partial charge in [-0.05, 0) is 59.7 Å². The van der Waals surface area contributed by atoms with Gasteiger partial charge >= 0.3 is 0 Å². The Balaban J connectivity index is 1.30. The Morgan fingerprint density at radius 2 is 1.43 bits per heavy atom. The van der Waals surface area contributed by atoms with Crippen molar-refractivity contribution in [2.45, 2.75) is 0 Å². The quantitative estimate of drug-likeness (QED) is 0.420. The fourth-order valence-electron chi connectivity index (χ4n) is 3.24. The molecule has 1 amide bonds. The molecule has 1 N–H and O–H groups in total. The predicted octanol–water partition coefficient (Wildman–Crippen LogP) is 5.81. The van der Waals surface area contributed by atoms with Crippen LogP contribution in [0.3, 0.4) is 0 Å². The predicted molar refractivity (Wildman–Crippen MR) is 117 cm³/mol. The van der Waals surface area contributed by atoms with Crippen LogP contribution < -0.4 is 5.32 Å². The number of rotatable bonds is 4. The number of carbonyl (C=O) groups excluding carboxylic acids is 1. The normalized spacial score (nSPS) is 10.8. The zero-order valence-electron chi connectivity index (χ0n) is 15.9. The van der Waals surface area contributed by atoms with Crippen LogP contribution in [0.4, 0.5) is 5.69 Å². The maximum Gasteiger partial charge on any atom is 0.255 e. The van der Waals surface area contributed by atoms with E-state index in [1.165, 1.54) is 0 Å². The number of amides is 1. The first kappa shape index (κ1) is 17.8. The Hall–Kier alpha value is -4.25. The molecule has 0 spiro atoms. The van der Waals surface area contributed by atoms with Crippen LogP contribution in [-0.2, 0) is 0 Å². The monoisotopic (exact) mass is 391 g/mol. The van der Waals surface area contributed by atoms with Crippen molar-refractivity contribution in [2.24, 2.45) is 0 Å². The van der Waals surface area contributed by atoms with E-state index < -0.39 is 0 Å². The Kier molecular flexibility index (Phi) is 4.54. The molecule has 30 heavy (non-hydrogen) atoms. The number of anilines is 1. The third-order valence-electron chi connectivity index (χ3n) is 4.81. The molecule has 0 radical (unpaired) electrons. The van der Waals surface area contributed by atoms with Crippen LogP contribution >= 0.6 is 0 Å². The van der Waals surface area contributed by atoms with Crippen LogP contribution in [0.1, 0.15) is 10.4 Å². The fourth-order valence-corrected chi connectivity index (χ4v) is 3.24. The summed E-state index contributed by atoms with van der Waals surface area (Å²) in [5.74, 6) is 0.339. The highest BCUT2D eigenvalue weighted by molar-refractivity contribution is 6.04. The molecule has 0 saturated carbocycles. The van der Waals surface area contributed by atoms with Gasteiger partial charge in [0.2, 0.25) is 11.6 Å². The summed E-state index contributed by atoms with van der Waals surface area (Å²) in [5.41, 5.74) is 5.53. The van der Waals surface area contributed by atoms with Crippen LogP contribution in [0.15, 0.2) is 102 Å². The summed E-state index contributed by atoms with van der Waals surface area (Å²) in [7, 11) is 0. The van der Waals surface area contributed by atoms with Crippen LogP contribution in [0.5, 0.6) is 0 Å². The SMILES string of the molecule is O=C(Nc1ccc(-c2nc3cccnc3o2)cc1)c1ccc(-c2ccccc2)cc1. The number of pyridine rings is 1. The zero-order chi connectivity index (χ0) is 20.3. The smallest absolute Gasteiger partial charge is 0.255 e. The van der Waals surface area contributed by atoms with Crippen LogP contribution in [-0.4, -0.2) is 15.9 Å². The van der Waals surface area contributed by atoms with Crippen molar-refractivity contribution in [3.05, 3.63) is 103 Å². The first-order valence-corrected chi connectivity index (χ1v) is 9.55. The number of hydrogen-bond acceptors (Lipinski definition) is 4. The minimum Gasteiger partial charge on any atom is -0.418 e. The van der Waals surface area contributed by atoms with Gasteiger partial charge in [0.1, 0.15) is 5.52 Å². The average molecular weight is 391 g/mol. The topological polar surface area (TPSA) is 68.0 Å². The van der Waals surface area contributed by atoms with E-state index in [-0.39, 0.29) is 5.91 Å². The molecule has 5 aromatic rings. The molecule has 0 fully saturated rings. The van der Waals surface area contributed by atoms with E-state index in [0.29, 0.717) is 28.4 Å². The van der Waals surface area contributed by atoms with E-state index >= 15 is 0 Å². The Morgan fingerprint density at radius 1 is 0.733 bits per heavy atom. The van der Waals surface area contributed by atoms with Gasteiger partial charge in [-0.2, -0.15) is 0 Å². The van der Waals surface area contributed by atoms with Gasteiger partial charge < -0.3 is 9.73 Å². The minimum absolute atomic E-state index is 0.159. The Morgan fingerprint density at radius 3 is 2.17 bits per heavy atom. The average Bonchev–Trinajstić information content (AvgIpc) is 3.25. The largest absolute Gasteiger partial charge is 0.418 e. The summed E-state index contributed by atoms with van der Waals surface area (Å²) in [6.07, 6.45) is 1.67. The van der Waals surface area contributed by atoms with Crippen LogP contribution in [0.2, 0.25) is 0 Å². The second kappa shape index (κ2) is 7.64. The number of benzene rings is 3. The van der Waals surface area contributed by atoms with E-state index in [1.807, 2.05) is 91.0 Å². The number of fused-ring (bicyclic) bond motifs is 1. The summed E-state index contributed by atoms with van der Waals surface area (Å²) >= 11 is 0. The molecule has 0 saturated heterocycles. The number of hydrogen-bond donors (Lipinski definition) is 1. The summed E-state index contributed by atoms with van der Waals surface area (Å²) in [4.78, 5) is 21.2. The number of carbonyl (C=O) groups is 1. The lowest BCUT2D eigenvalue weighted by Crippen LogP contribution is -2.11. The van der Waals surface area contributed by atoms with Gasteiger partial charge in [0.25, 0.3) is 5.91 Å². The molecule has 5 rings (SSSR count). The molecule has 3 aromatic carbocycles. The second-order valence-electron chi connectivity index (χ2n) is 6.82. The Bertz CT molecular complexity index is 1280. The molecule has 0 aliphatic heterocycles. The van der Waals surface area contributed by atoms with Gasteiger partial charge in [-0.3, -0.25) is 4.79 Å². The molecule has 0 aliphatic rings. The van der Waals surface area contributed by atoms with Gasteiger partial charge in [0.15, 0.2) is 0 Å². The highest BCUT2D eigenvalue weighted by Gasteiger charge is 2.10. The van der Waals surface area contributed by atoms with Crippen LogP contribution in [0, 0.1) is 0 Å². The summed E-state index contributed by atoms with van der Waals surface area (Å²) < 4.78 is 5.68. The number of nitrogens with one attached hydrogen (secondary N) is 1. The van der Waals surface area contributed by atoms with Gasteiger partial charge in [-0.25, -0.2) is 9.97 Å². The van der Waals surface area contributed by atoms with Gasteiger partial charge in [-0.15, -0.1) is 0 Å². The Labute approximate surface area is 173 Å². The molecule has 5 nitrogen and oxygen atoms in total. The molecule has 0 aliphatic carbocycles. The zero-order valence-corrected chi connectivity index (χ0v) is 15.9. The van der Waals surface area contributed by atoms with Crippen LogP contribution in [0.25, 0.3) is 33.8 Å². The number of nitrogens with zero attached hydrogens (tertiary/aromatic N) is 2. The van der Waals surface area contributed by atoms with Crippen molar-refractivity contribution in [1.82, 2.24) is 9.97 Å². The third-order valence-corrected chi connectivity index (χ3v) is 4.81. The first-order valence-electron chi connectivity index (χ1n) is 9.55. The lowest BCUT2D eigenvalue weighted by Gasteiger charge is -2.07. The standard InChI is InChI=1S/C25H17N3O2/c29-23(19-10-8-18(9-11-19)17-5-2-1-3-6-17)27-21-14-12-20(13-15-21)24-28-22-7-4-16-26-25(22)30-24/h1-16H,(H,27,29). The van der Waals surface area contributed by atoms with Crippen molar-refractivity contribution in [3.63, 3.8) is 0 Å². The number of aromatic nitrogens is 2. The molecule has 144 valence electrons. The van der Waals surface area contributed by atoms with Crippen molar-refractivity contribution in [1.29, 1.82) is 0 Å². The van der Waals surface area contributed by atoms with E-state index in [9.17, 15) is 4.79 Å². The van der Waals surface area contributed by atoms with E-state index in [0.717, 1.165) is 16.7 Å². The van der Waals surface area contributed by atoms with E-state index in [1.54, 1.807) is 6.20 Å². The molecule has 2 heterocycles. The maximum atomic E-state index is 12.6. The molecule has 0 atom stereocenters. The summed E-state index contributed by atoms with van der Waals surface area (Å²) in [6, 6.07) is 28.7. The molecular formula is C25H17N3O2.